The molecule has 144 valence electrons. The summed E-state index contributed by atoms with van der Waals surface area (Å²) in [5, 5.41) is 13.2. The SMILES string of the molecule is CSc1ccccc1C(=O)N1CCN(C(=O)c2cc(C)on2)CC1CCO. The highest BCUT2D eigenvalue weighted by Crippen LogP contribution is 2.24. The first-order valence-electron chi connectivity index (χ1n) is 8.82. The van der Waals surface area contributed by atoms with E-state index in [-0.39, 0.29) is 30.2 Å². The largest absolute Gasteiger partial charge is 0.396 e. The van der Waals surface area contributed by atoms with Gasteiger partial charge in [-0.15, -0.1) is 11.8 Å². The van der Waals surface area contributed by atoms with Gasteiger partial charge >= 0.3 is 0 Å². The maximum absolute atomic E-state index is 13.1. The third kappa shape index (κ3) is 4.17. The number of piperazine rings is 1. The summed E-state index contributed by atoms with van der Waals surface area (Å²) in [6, 6.07) is 8.86. The predicted octanol–water partition coefficient (Wildman–Crippen LogP) is 2.05. The van der Waals surface area contributed by atoms with E-state index in [9.17, 15) is 14.7 Å². The number of aryl methyl sites for hydroxylation is 1. The lowest BCUT2D eigenvalue weighted by Crippen LogP contribution is -2.56. The molecule has 0 aliphatic carbocycles. The summed E-state index contributed by atoms with van der Waals surface area (Å²) in [5.74, 6) is 0.293. The Morgan fingerprint density at radius 3 is 2.74 bits per heavy atom. The van der Waals surface area contributed by atoms with Crippen molar-refractivity contribution in [2.24, 2.45) is 0 Å². The molecule has 2 amide bonds. The van der Waals surface area contributed by atoms with Gasteiger partial charge in [0, 0.05) is 37.2 Å². The molecular weight excluding hydrogens is 366 g/mol. The fraction of sp³-hybridized carbons (Fsp3) is 0.421. The maximum atomic E-state index is 13.1. The van der Waals surface area contributed by atoms with Crippen LogP contribution in [0.1, 0.15) is 33.0 Å². The lowest BCUT2D eigenvalue weighted by atomic mass is 10.1. The van der Waals surface area contributed by atoms with Crippen molar-refractivity contribution in [3.63, 3.8) is 0 Å². The lowest BCUT2D eigenvalue weighted by Gasteiger charge is -2.41. The molecule has 0 saturated carbocycles. The quantitative estimate of drug-likeness (QED) is 0.788. The Bertz CT molecular complexity index is 823. The summed E-state index contributed by atoms with van der Waals surface area (Å²) in [6.07, 6.45) is 2.35. The third-order valence-corrected chi connectivity index (χ3v) is 5.47. The van der Waals surface area contributed by atoms with Crippen molar-refractivity contribution < 1.29 is 19.2 Å². The predicted molar refractivity (Wildman–Crippen MR) is 102 cm³/mol. The van der Waals surface area contributed by atoms with Gasteiger partial charge in [0.25, 0.3) is 11.8 Å². The van der Waals surface area contributed by atoms with Gasteiger partial charge in [-0.3, -0.25) is 9.59 Å². The van der Waals surface area contributed by atoms with Gasteiger partial charge in [0.1, 0.15) is 5.76 Å². The second-order valence-electron chi connectivity index (χ2n) is 6.44. The highest BCUT2D eigenvalue weighted by molar-refractivity contribution is 7.98. The molecular formula is C19H23N3O4S. The van der Waals surface area contributed by atoms with Gasteiger partial charge in [-0.05, 0) is 31.7 Å². The second kappa shape index (κ2) is 8.58. The standard InChI is InChI=1S/C19H23N3O4S/c1-13-11-16(20-26-13)19(25)21-8-9-22(14(12-21)7-10-23)18(24)15-5-3-4-6-17(15)27-2/h3-6,11,14,23H,7-10,12H2,1-2H3. The summed E-state index contributed by atoms with van der Waals surface area (Å²) in [7, 11) is 0. The Labute approximate surface area is 162 Å². The smallest absolute Gasteiger partial charge is 0.276 e. The molecule has 1 aromatic carbocycles. The van der Waals surface area contributed by atoms with Crippen LogP contribution in [0, 0.1) is 6.92 Å². The number of carbonyl (C=O) groups is 2. The van der Waals surface area contributed by atoms with Crippen molar-refractivity contribution in [3.8, 4) is 0 Å². The number of benzene rings is 1. The molecule has 7 nitrogen and oxygen atoms in total. The maximum Gasteiger partial charge on any atom is 0.276 e. The zero-order chi connectivity index (χ0) is 19.4. The van der Waals surface area contributed by atoms with Crippen LogP contribution in [0.3, 0.4) is 0 Å². The molecule has 1 aromatic heterocycles. The molecule has 0 bridgehead atoms. The average molecular weight is 389 g/mol. The third-order valence-electron chi connectivity index (χ3n) is 4.68. The second-order valence-corrected chi connectivity index (χ2v) is 7.29. The number of amides is 2. The van der Waals surface area contributed by atoms with Crippen LogP contribution in [-0.2, 0) is 0 Å². The lowest BCUT2D eigenvalue weighted by molar-refractivity contribution is 0.0335. The molecule has 1 atom stereocenters. The molecule has 3 rings (SSSR count). The molecule has 1 saturated heterocycles. The summed E-state index contributed by atoms with van der Waals surface area (Å²) in [4.78, 5) is 30.1. The normalized spacial score (nSPS) is 17.2. The van der Waals surface area contributed by atoms with Crippen LogP contribution < -0.4 is 0 Å². The van der Waals surface area contributed by atoms with Crippen LogP contribution in [0.2, 0.25) is 0 Å². The fourth-order valence-corrected chi connectivity index (χ4v) is 3.90. The van der Waals surface area contributed by atoms with Crippen LogP contribution in [-0.4, -0.2) is 70.4 Å². The van der Waals surface area contributed by atoms with Crippen LogP contribution >= 0.6 is 11.8 Å². The number of aliphatic hydroxyl groups excluding tert-OH is 1. The first kappa shape index (κ1) is 19.4. The van der Waals surface area contributed by atoms with Crippen molar-refractivity contribution in [1.82, 2.24) is 15.0 Å². The highest BCUT2D eigenvalue weighted by atomic mass is 32.2. The summed E-state index contributed by atoms with van der Waals surface area (Å²) in [5.41, 5.74) is 0.919. The van der Waals surface area contributed by atoms with Gasteiger partial charge in [-0.2, -0.15) is 0 Å². The number of aliphatic hydroxyl groups is 1. The monoisotopic (exact) mass is 389 g/mol. The number of hydrogen-bond donors (Lipinski definition) is 1. The Hall–Kier alpha value is -2.32. The van der Waals surface area contributed by atoms with E-state index >= 15 is 0 Å². The molecule has 27 heavy (non-hydrogen) atoms. The first-order chi connectivity index (χ1) is 13.0. The Kier molecular flexibility index (Phi) is 6.18. The van der Waals surface area contributed by atoms with Crippen molar-refractivity contribution in [1.29, 1.82) is 0 Å². The van der Waals surface area contributed by atoms with E-state index in [1.807, 2.05) is 30.5 Å². The minimum Gasteiger partial charge on any atom is -0.396 e. The summed E-state index contributed by atoms with van der Waals surface area (Å²) < 4.78 is 4.99. The van der Waals surface area contributed by atoms with Gasteiger partial charge in [-0.1, -0.05) is 17.3 Å². The minimum absolute atomic E-state index is 0.0519. The molecule has 0 spiro atoms. The van der Waals surface area contributed by atoms with Gasteiger partial charge in [0.05, 0.1) is 11.6 Å². The Balaban J connectivity index is 1.78. The van der Waals surface area contributed by atoms with Crippen molar-refractivity contribution in [2.45, 2.75) is 24.3 Å². The topological polar surface area (TPSA) is 86.9 Å². The highest BCUT2D eigenvalue weighted by Gasteiger charge is 2.34. The van der Waals surface area contributed by atoms with E-state index < -0.39 is 0 Å². The minimum atomic E-state index is -0.247. The fourth-order valence-electron chi connectivity index (χ4n) is 3.31. The number of hydrogen-bond acceptors (Lipinski definition) is 6. The van der Waals surface area contributed by atoms with Gasteiger partial charge in [0.2, 0.25) is 0 Å². The summed E-state index contributed by atoms with van der Waals surface area (Å²) in [6.45, 7) is 2.87. The van der Waals surface area contributed by atoms with Gasteiger partial charge in [-0.25, -0.2) is 0 Å². The van der Waals surface area contributed by atoms with Crippen molar-refractivity contribution in [3.05, 3.63) is 47.3 Å². The van der Waals surface area contributed by atoms with E-state index in [0.29, 0.717) is 37.4 Å². The van der Waals surface area contributed by atoms with E-state index in [4.69, 9.17) is 4.52 Å². The van der Waals surface area contributed by atoms with Crippen LogP contribution in [0.15, 0.2) is 39.8 Å². The number of aromatic nitrogens is 1. The molecule has 1 aliphatic heterocycles. The van der Waals surface area contributed by atoms with E-state index in [1.165, 1.54) is 11.8 Å². The molecule has 1 fully saturated rings. The van der Waals surface area contributed by atoms with Crippen LogP contribution in [0.25, 0.3) is 0 Å². The Morgan fingerprint density at radius 1 is 1.30 bits per heavy atom. The zero-order valence-electron chi connectivity index (χ0n) is 15.4. The van der Waals surface area contributed by atoms with E-state index in [2.05, 4.69) is 5.16 Å². The van der Waals surface area contributed by atoms with E-state index in [0.717, 1.165) is 4.90 Å². The number of thioether (sulfide) groups is 1. The van der Waals surface area contributed by atoms with Crippen molar-refractivity contribution in [2.75, 3.05) is 32.5 Å². The molecule has 1 aliphatic rings. The number of rotatable bonds is 5. The van der Waals surface area contributed by atoms with Crippen LogP contribution in [0.5, 0.6) is 0 Å². The van der Waals surface area contributed by atoms with Crippen molar-refractivity contribution >= 4 is 23.6 Å². The van der Waals surface area contributed by atoms with Gasteiger partial charge < -0.3 is 19.4 Å². The molecule has 1 N–H and O–H groups in total. The molecule has 2 heterocycles. The molecule has 0 radical (unpaired) electrons. The average Bonchev–Trinajstić information content (AvgIpc) is 3.13. The zero-order valence-corrected chi connectivity index (χ0v) is 16.2. The number of carbonyl (C=O) groups excluding carboxylic acids is 2. The van der Waals surface area contributed by atoms with E-state index in [1.54, 1.807) is 22.8 Å². The summed E-state index contributed by atoms with van der Waals surface area (Å²) >= 11 is 1.53. The first-order valence-corrected chi connectivity index (χ1v) is 10.0. The molecule has 8 heteroatoms. The van der Waals surface area contributed by atoms with Gasteiger partial charge in [0.15, 0.2) is 5.69 Å². The molecule has 2 aromatic rings. The number of nitrogens with zero attached hydrogens (tertiary/aromatic N) is 3. The van der Waals surface area contributed by atoms with Crippen LogP contribution in [0.4, 0.5) is 0 Å². The Morgan fingerprint density at radius 2 is 2.07 bits per heavy atom. The molecule has 1 unspecified atom stereocenters.